The van der Waals surface area contributed by atoms with E-state index in [0.717, 1.165) is 31.8 Å². The number of carbonyl (C=O) groups is 1. The molecule has 17 heavy (non-hydrogen) atoms. The highest BCUT2D eigenvalue weighted by Crippen LogP contribution is 2.25. The van der Waals surface area contributed by atoms with E-state index in [1.165, 1.54) is 6.42 Å². The van der Waals surface area contributed by atoms with Gasteiger partial charge in [0.25, 0.3) is 0 Å². The van der Waals surface area contributed by atoms with E-state index < -0.39 is 5.60 Å². The first-order valence-electron chi connectivity index (χ1n) is 6.40. The number of hydrogen-bond donors (Lipinski definition) is 0. The molecule has 1 rings (SSSR count). The van der Waals surface area contributed by atoms with Crippen LogP contribution in [0.25, 0.3) is 0 Å². The zero-order valence-electron chi connectivity index (χ0n) is 11.3. The number of piperidine rings is 1. The van der Waals surface area contributed by atoms with Crippen molar-refractivity contribution < 1.29 is 9.53 Å². The Morgan fingerprint density at radius 3 is 2.35 bits per heavy atom. The highest BCUT2D eigenvalue weighted by molar-refractivity contribution is 9.09. The third kappa shape index (κ3) is 5.75. The monoisotopic (exact) mass is 305 g/mol. The van der Waals surface area contributed by atoms with Gasteiger partial charge in [-0.2, -0.15) is 0 Å². The number of likely N-dealkylation sites (tertiary alicyclic amines) is 1. The van der Waals surface area contributed by atoms with E-state index in [9.17, 15) is 4.79 Å². The van der Waals surface area contributed by atoms with Crippen molar-refractivity contribution in [1.29, 1.82) is 0 Å². The minimum atomic E-state index is -0.391. The van der Waals surface area contributed by atoms with Crippen LogP contribution in [0.3, 0.4) is 0 Å². The predicted molar refractivity (Wildman–Crippen MR) is 73.5 cm³/mol. The van der Waals surface area contributed by atoms with Gasteiger partial charge in [-0.3, -0.25) is 0 Å². The van der Waals surface area contributed by atoms with E-state index in [0.29, 0.717) is 4.83 Å². The average molecular weight is 306 g/mol. The zero-order chi connectivity index (χ0) is 13.1. The number of halogens is 1. The number of amides is 1. The number of alkyl halides is 1. The highest BCUT2D eigenvalue weighted by Gasteiger charge is 2.27. The largest absolute Gasteiger partial charge is 0.444 e. The van der Waals surface area contributed by atoms with Gasteiger partial charge in [0.05, 0.1) is 0 Å². The fourth-order valence-electron chi connectivity index (χ4n) is 2.14. The molecule has 3 nitrogen and oxygen atoms in total. The van der Waals surface area contributed by atoms with Crippen molar-refractivity contribution in [2.45, 2.75) is 57.4 Å². The van der Waals surface area contributed by atoms with Gasteiger partial charge in [0.1, 0.15) is 5.60 Å². The van der Waals surface area contributed by atoms with E-state index >= 15 is 0 Å². The number of rotatable bonds is 2. The Labute approximate surface area is 113 Å². The van der Waals surface area contributed by atoms with E-state index in [1.54, 1.807) is 0 Å². The maximum absolute atomic E-state index is 11.8. The molecule has 100 valence electrons. The van der Waals surface area contributed by atoms with Crippen LogP contribution in [0, 0.1) is 5.92 Å². The molecule has 1 aliphatic heterocycles. The fourth-order valence-corrected chi connectivity index (χ4v) is 2.67. The molecule has 1 fully saturated rings. The van der Waals surface area contributed by atoms with Crippen LogP contribution in [0.15, 0.2) is 0 Å². The minimum Gasteiger partial charge on any atom is -0.444 e. The van der Waals surface area contributed by atoms with Gasteiger partial charge in [0.15, 0.2) is 0 Å². The molecule has 1 saturated heterocycles. The molecule has 0 aromatic carbocycles. The summed E-state index contributed by atoms with van der Waals surface area (Å²) in [5, 5.41) is 0. The third-order valence-electron chi connectivity index (χ3n) is 2.92. The van der Waals surface area contributed by atoms with Crippen molar-refractivity contribution in [1.82, 2.24) is 4.90 Å². The Hall–Kier alpha value is -0.250. The van der Waals surface area contributed by atoms with E-state index in [1.807, 2.05) is 25.7 Å². The van der Waals surface area contributed by atoms with Crippen molar-refractivity contribution in [2.24, 2.45) is 5.92 Å². The van der Waals surface area contributed by atoms with Crippen molar-refractivity contribution in [3.8, 4) is 0 Å². The SMILES string of the molecule is CC(Br)CC1CCN(C(=O)OC(C)(C)C)CC1. The summed E-state index contributed by atoms with van der Waals surface area (Å²) in [4.78, 5) is 14.2. The third-order valence-corrected chi connectivity index (χ3v) is 3.30. The molecule has 0 bridgehead atoms. The Morgan fingerprint density at radius 2 is 1.94 bits per heavy atom. The molecule has 0 aliphatic carbocycles. The lowest BCUT2D eigenvalue weighted by Crippen LogP contribution is -2.41. The number of nitrogens with zero attached hydrogens (tertiary/aromatic N) is 1. The number of hydrogen-bond acceptors (Lipinski definition) is 2. The standard InChI is InChI=1S/C13H24BrNO2/c1-10(14)9-11-5-7-15(8-6-11)12(16)17-13(2,3)4/h10-11H,5-9H2,1-4H3. The molecule has 1 amide bonds. The fraction of sp³-hybridized carbons (Fsp3) is 0.923. The van der Waals surface area contributed by atoms with Gasteiger partial charge in [-0.15, -0.1) is 0 Å². The van der Waals surface area contributed by atoms with Crippen molar-refractivity contribution in [3.63, 3.8) is 0 Å². The lowest BCUT2D eigenvalue weighted by Gasteiger charge is -2.33. The summed E-state index contributed by atoms with van der Waals surface area (Å²) in [6.07, 6.45) is 3.22. The van der Waals surface area contributed by atoms with E-state index in [4.69, 9.17) is 4.74 Å². The van der Waals surface area contributed by atoms with Gasteiger partial charge in [-0.25, -0.2) is 4.79 Å². The minimum absolute atomic E-state index is 0.164. The maximum atomic E-state index is 11.8. The molecular weight excluding hydrogens is 282 g/mol. The Kier molecular flexibility index (Phi) is 5.29. The van der Waals surface area contributed by atoms with Crippen molar-refractivity contribution >= 4 is 22.0 Å². The Morgan fingerprint density at radius 1 is 1.41 bits per heavy atom. The first-order chi connectivity index (χ1) is 7.78. The zero-order valence-corrected chi connectivity index (χ0v) is 12.9. The van der Waals surface area contributed by atoms with Gasteiger partial charge >= 0.3 is 6.09 Å². The molecule has 1 unspecified atom stereocenters. The molecule has 0 spiro atoms. The summed E-state index contributed by atoms with van der Waals surface area (Å²) < 4.78 is 5.37. The van der Waals surface area contributed by atoms with Gasteiger partial charge in [0.2, 0.25) is 0 Å². The number of carbonyl (C=O) groups excluding carboxylic acids is 1. The lowest BCUT2D eigenvalue weighted by molar-refractivity contribution is 0.0182. The second-order valence-electron chi connectivity index (χ2n) is 5.93. The van der Waals surface area contributed by atoms with Crippen LogP contribution in [-0.4, -0.2) is 34.5 Å². The first kappa shape index (κ1) is 14.8. The summed E-state index contributed by atoms with van der Waals surface area (Å²) in [5.41, 5.74) is -0.391. The van der Waals surface area contributed by atoms with E-state index in [-0.39, 0.29) is 6.09 Å². The molecule has 1 aliphatic rings. The molecule has 1 atom stereocenters. The van der Waals surface area contributed by atoms with Crippen LogP contribution in [0.1, 0.15) is 47.0 Å². The molecule has 0 saturated carbocycles. The van der Waals surface area contributed by atoms with Gasteiger partial charge in [0, 0.05) is 17.9 Å². The first-order valence-corrected chi connectivity index (χ1v) is 7.31. The second-order valence-corrected chi connectivity index (χ2v) is 7.49. The molecular formula is C13H24BrNO2. The predicted octanol–water partition coefficient (Wildman–Crippen LogP) is 3.81. The Balaban J connectivity index is 2.34. The van der Waals surface area contributed by atoms with Crippen LogP contribution in [0.4, 0.5) is 4.79 Å². The summed E-state index contributed by atoms with van der Waals surface area (Å²) in [7, 11) is 0. The molecule has 4 heteroatoms. The highest BCUT2D eigenvalue weighted by atomic mass is 79.9. The van der Waals surface area contributed by atoms with Crippen molar-refractivity contribution in [3.05, 3.63) is 0 Å². The lowest BCUT2D eigenvalue weighted by atomic mass is 9.93. The average Bonchev–Trinajstić information content (AvgIpc) is 2.15. The maximum Gasteiger partial charge on any atom is 0.410 e. The molecule has 0 N–H and O–H groups in total. The topological polar surface area (TPSA) is 29.5 Å². The molecule has 0 radical (unpaired) electrons. The summed E-state index contributed by atoms with van der Waals surface area (Å²) >= 11 is 3.59. The van der Waals surface area contributed by atoms with E-state index in [2.05, 4.69) is 22.9 Å². The van der Waals surface area contributed by atoms with Gasteiger partial charge in [-0.05, 0) is 46.0 Å². The molecule has 1 heterocycles. The van der Waals surface area contributed by atoms with Crippen LogP contribution in [0.2, 0.25) is 0 Å². The van der Waals surface area contributed by atoms with Crippen LogP contribution in [-0.2, 0) is 4.74 Å². The van der Waals surface area contributed by atoms with Crippen LogP contribution in [0.5, 0.6) is 0 Å². The second kappa shape index (κ2) is 6.07. The smallest absolute Gasteiger partial charge is 0.410 e. The van der Waals surface area contributed by atoms with Crippen LogP contribution < -0.4 is 0 Å². The number of ether oxygens (including phenoxy) is 1. The van der Waals surface area contributed by atoms with Crippen LogP contribution >= 0.6 is 15.9 Å². The van der Waals surface area contributed by atoms with Gasteiger partial charge < -0.3 is 9.64 Å². The van der Waals surface area contributed by atoms with Gasteiger partial charge in [-0.1, -0.05) is 22.9 Å². The normalized spacial score (nSPS) is 20.2. The quantitative estimate of drug-likeness (QED) is 0.726. The molecule has 0 aromatic rings. The summed E-state index contributed by atoms with van der Waals surface area (Å²) in [6.45, 7) is 9.57. The summed E-state index contributed by atoms with van der Waals surface area (Å²) in [6, 6.07) is 0. The summed E-state index contributed by atoms with van der Waals surface area (Å²) in [5.74, 6) is 0.739. The molecule has 0 aromatic heterocycles. The van der Waals surface area contributed by atoms with Crippen molar-refractivity contribution in [2.75, 3.05) is 13.1 Å². The Bertz CT molecular complexity index is 253.